The first-order chi connectivity index (χ1) is 18.1. The van der Waals surface area contributed by atoms with Gasteiger partial charge in [-0.2, -0.15) is 0 Å². The lowest BCUT2D eigenvalue weighted by Gasteiger charge is -2.34. The predicted octanol–water partition coefficient (Wildman–Crippen LogP) is 0.0718. The van der Waals surface area contributed by atoms with Crippen molar-refractivity contribution in [2.45, 2.75) is 70.4 Å². The Morgan fingerprint density at radius 3 is 1.76 bits per heavy atom. The van der Waals surface area contributed by atoms with E-state index in [0.29, 0.717) is 19.3 Å². The zero-order chi connectivity index (χ0) is 28.8. The van der Waals surface area contributed by atoms with Gasteiger partial charge in [-0.3, -0.25) is 28.8 Å². The van der Waals surface area contributed by atoms with E-state index in [2.05, 4.69) is 20.7 Å². The summed E-state index contributed by atoms with van der Waals surface area (Å²) in [6.45, 7) is 0.0428. The number of amides is 3. The number of hydrogen-bond donors (Lipinski definition) is 3. The molecule has 218 valence electrons. The van der Waals surface area contributed by atoms with Crippen LogP contribution in [-0.4, -0.2) is 89.2 Å². The molecule has 0 bridgehead atoms. The lowest BCUT2D eigenvalue weighted by atomic mass is 10.1. The maximum atomic E-state index is 12.7. The monoisotopic (exact) mass is 547 g/mol. The lowest BCUT2D eigenvalue weighted by molar-refractivity contribution is -0.169. The van der Waals surface area contributed by atoms with E-state index in [-0.39, 0.29) is 39.3 Å². The summed E-state index contributed by atoms with van der Waals surface area (Å²) in [6, 6.07) is 0. The molecule has 0 saturated heterocycles. The Morgan fingerprint density at radius 1 is 0.658 bits per heavy atom. The number of hydrogen-bond acceptors (Lipinski definition) is 11. The Morgan fingerprint density at radius 2 is 1.21 bits per heavy atom. The van der Waals surface area contributed by atoms with Crippen LogP contribution in [0, 0.1) is 0 Å². The molecule has 38 heavy (non-hydrogen) atoms. The minimum atomic E-state index is -1.87. The highest BCUT2D eigenvalue weighted by molar-refractivity contribution is 5.84. The van der Waals surface area contributed by atoms with Crippen molar-refractivity contribution in [1.82, 2.24) is 16.0 Å². The largest absolute Gasteiger partial charge is 0.436 e. The van der Waals surface area contributed by atoms with E-state index in [0.717, 1.165) is 19.3 Å². The summed E-state index contributed by atoms with van der Waals surface area (Å²) in [5.41, 5.74) is -1.87. The first-order valence-corrected chi connectivity index (χ1v) is 12.3. The Kier molecular flexibility index (Phi) is 19.2. The SMILES string of the molecule is COCNC(=O)CC(CNC(=O)COC)(NC(=O)COC)OC(=O)CCCCCCCCC(=O)OC(C)=O. The van der Waals surface area contributed by atoms with Crippen LogP contribution in [0.3, 0.4) is 0 Å². The van der Waals surface area contributed by atoms with Crippen molar-refractivity contribution in [3.8, 4) is 0 Å². The van der Waals surface area contributed by atoms with Gasteiger partial charge in [-0.1, -0.05) is 25.7 Å². The van der Waals surface area contributed by atoms with Gasteiger partial charge in [0.05, 0.1) is 13.0 Å². The Labute approximate surface area is 222 Å². The highest BCUT2D eigenvalue weighted by Gasteiger charge is 2.39. The highest BCUT2D eigenvalue weighted by atomic mass is 16.6. The minimum Gasteiger partial charge on any atom is -0.436 e. The van der Waals surface area contributed by atoms with E-state index >= 15 is 0 Å². The molecule has 0 rings (SSSR count). The van der Waals surface area contributed by atoms with E-state index in [1.807, 2.05) is 0 Å². The summed E-state index contributed by atoms with van der Waals surface area (Å²) >= 11 is 0. The average molecular weight is 548 g/mol. The van der Waals surface area contributed by atoms with E-state index in [4.69, 9.17) is 18.9 Å². The second-order valence-electron chi connectivity index (χ2n) is 8.46. The number of carbonyl (C=O) groups is 6. The molecule has 0 saturated carbocycles. The van der Waals surface area contributed by atoms with E-state index in [1.54, 1.807) is 0 Å². The highest BCUT2D eigenvalue weighted by Crippen LogP contribution is 2.16. The third-order valence-corrected chi connectivity index (χ3v) is 4.93. The molecule has 0 heterocycles. The Bertz CT molecular complexity index is 776. The number of rotatable bonds is 21. The Hall–Kier alpha value is -3.10. The standard InChI is InChI=1S/C24H41N3O11/c1-18(28)37-22(32)11-9-7-5-6-8-10-12-23(33)38-24(27-21(31)15-35-3,13-19(29)26-17-36-4)16-25-20(30)14-34-2/h5-17H2,1-4H3,(H,25,30)(H,26,29)(H,27,31). The van der Waals surface area contributed by atoms with Crippen LogP contribution in [-0.2, 0) is 52.5 Å². The van der Waals surface area contributed by atoms with Crippen molar-refractivity contribution < 1.29 is 52.5 Å². The van der Waals surface area contributed by atoms with Gasteiger partial charge in [0.1, 0.15) is 19.9 Å². The minimum absolute atomic E-state index is 0.0124. The van der Waals surface area contributed by atoms with Crippen LogP contribution in [0.1, 0.15) is 64.7 Å². The van der Waals surface area contributed by atoms with Gasteiger partial charge < -0.3 is 39.6 Å². The number of carbonyl (C=O) groups excluding carboxylic acids is 6. The summed E-state index contributed by atoms with van der Waals surface area (Å²) in [4.78, 5) is 71.5. The molecule has 0 aliphatic rings. The van der Waals surface area contributed by atoms with Crippen molar-refractivity contribution in [2.75, 3.05) is 47.8 Å². The quantitative estimate of drug-likeness (QED) is 0.0764. The van der Waals surface area contributed by atoms with Crippen LogP contribution in [0.4, 0.5) is 0 Å². The van der Waals surface area contributed by atoms with E-state index in [9.17, 15) is 28.8 Å². The molecule has 1 atom stereocenters. The first-order valence-electron chi connectivity index (χ1n) is 12.3. The summed E-state index contributed by atoms with van der Waals surface area (Å²) in [7, 11) is 4.01. The second kappa shape index (κ2) is 20.9. The van der Waals surface area contributed by atoms with Crippen molar-refractivity contribution in [3.63, 3.8) is 0 Å². The number of unbranched alkanes of at least 4 members (excludes halogenated alkanes) is 5. The molecule has 3 amide bonds. The molecule has 14 nitrogen and oxygen atoms in total. The summed E-state index contributed by atoms with van der Waals surface area (Å²) < 4.78 is 24.4. The maximum absolute atomic E-state index is 12.7. The second-order valence-corrected chi connectivity index (χ2v) is 8.46. The zero-order valence-corrected chi connectivity index (χ0v) is 22.7. The fourth-order valence-electron chi connectivity index (χ4n) is 3.29. The van der Waals surface area contributed by atoms with Gasteiger partial charge in [-0.15, -0.1) is 0 Å². The zero-order valence-electron chi connectivity index (χ0n) is 22.7. The summed E-state index contributed by atoms with van der Waals surface area (Å²) in [5.74, 6) is -3.64. The number of esters is 3. The Balaban J connectivity index is 4.98. The van der Waals surface area contributed by atoms with E-state index < -0.39 is 47.8 Å². The van der Waals surface area contributed by atoms with Crippen LogP contribution in [0.5, 0.6) is 0 Å². The topological polar surface area (TPSA) is 185 Å². The van der Waals surface area contributed by atoms with Gasteiger partial charge in [-0.05, 0) is 12.8 Å². The number of nitrogens with one attached hydrogen (secondary N) is 3. The van der Waals surface area contributed by atoms with Crippen molar-refractivity contribution in [1.29, 1.82) is 0 Å². The van der Waals surface area contributed by atoms with Crippen LogP contribution < -0.4 is 16.0 Å². The number of methoxy groups -OCH3 is 3. The normalized spacial score (nSPS) is 12.1. The van der Waals surface area contributed by atoms with Gasteiger partial charge in [0.2, 0.25) is 23.4 Å². The van der Waals surface area contributed by atoms with Gasteiger partial charge in [-0.25, -0.2) is 0 Å². The van der Waals surface area contributed by atoms with Crippen LogP contribution in [0.25, 0.3) is 0 Å². The fourth-order valence-corrected chi connectivity index (χ4v) is 3.29. The summed E-state index contributed by atoms with van der Waals surface area (Å²) in [5, 5.41) is 7.44. The molecule has 0 aliphatic heterocycles. The lowest BCUT2D eigenvalue weighted by Crippen LogP contribution is -2.61. The number of ether oxygens (including phenoxy) is 5. The van der Waals surface area contributed by atoms with Gasteiger partial charge >= 0.3 is 17.9 Å². The predicted molar refractivity (Wildman–Crippen MR) is 132 cm³/mol. The molecule has 0 aromatic carbocycles. The molecular weight excluding hydrogens is 506 g/mol. The molecule has 0 radical (unpaired) electrons. The van der Waals surface area contributed by atoms with Gasteiger partial charge in [0.15, 0.2) is 0 Å². The van der Waals surface area contributed by atoms with Crippen LogP contribution in [0.2, 0.25) is 0 Å². The van der Waals surface area contributed by atoms with Crippen LogP contribution in [0.15, 0.2) is 0 Å². The fraction of sp³-hybridized carbons (Fsp3) is 0.750. The third kappa shape index (κ3) is 18.2. The molecule has 0 aromatic rings. The molecule has 14 heteroatoms. The third-order valence-electron chi connectivity index (χ3n) is 4.93. The molecule has 0 aromatic heterocycles. The molecule has 0 fully saturated rings. The summed E-state index contributed by atoms with van der Waals surface area (Å²) in [6.07, 6.45) is 3.87. The molecule has 0 spiro atoms. The van der Waals surface area contributed by atoms with Crippen molar-refractivity contribution >= 4 is 35.6 Å². The molecule has 3 N–H and O–H groups in total. The smallest absolute Gasteiger partial charge is 0.313 e. The van der Waals surface area contributed by atoms with E-state index in [1.165, 1.54) is 28.3 Å². The van der Waals surface area contributed by atoms with Crippen LogP contribution >= 0.6 is 0 Å². The van der Waals surface area contributed by atoms with Crippen molar-refractivity contribution in [2.24, 2.45) is 0 Å². The van der Waals surface area contributed by atoms with Gasteiger partial charge in [0, 0.05) is 41.1 Å². The first kappa shape index (κ1) is 34.9. The molecule has 0 aliphatic carbocycles. The van der Waals surface area contributed by atoms with Gasteiger partial charge in [0.25, 0.3) is 0 Å². The van der Waals surface area contributed by atoms with Crippen molar-refractivity contribution in [3.05, 3.63) is 0 Å². The maximum Gasteiger partial charge on any atom is 0.313 e. The average Bonchev–Trinajstić information content (AvgIpc) is 2.83. The molecule has 1 unspecified atom stereocenters. The molecular formula is C24H41N3O11.